The molecule has 102 valence electrons. The van der Waals surface area contributed by atoms with Crippen molar-refractivity contribution in [1.82, 2.24) is 0 Å². The molecular weight excluding hydrogens is 216 g/mol. The molecule has 0 aromatic heterocycles. The molecule has 0 heteroatoms. The molecule has 0 saturated carbocycles. The van der Waals surface area contributed by atoms with E-state index in [2.05, 4.69) is 58.0 Å². The molecule has 0 spiro atoms. The van der Waals surface area contributed by atoms with E-state index in [0.29, 0.717) is 0 Å². The Bertz CT molecular complexity index is 297. The molecule has 0 radical (unpaired) electrons. The van der Waals surface area contributed by atoms with E-state index >= 15 is 0 Å². The van der Waals surface area contributed by atoms with E-state index in [4.69, 9.17) is 0 Å². The standard InChI is InChI=1S/C18H30/c1-15(2)11-7-5-10-14-18(16(3)4)17-12-8-6-9-13-17/h6,8-9,12-13,15-16,18H,5,7,10-11,14H2,1-4H3. The largest absolute Gasteiger partial charge is 0.0628 e. The monoisotopic (exact) mass is 246 g/mol. The lowest BCUT2D eigenvalue weighted by Crippen LogP contribution is -2.06. The summed E-state index contributed by atoms with van der Waals surface area (Å²) in [7, 11) is 0. The van der Waals surface area contributed by atoms with Gasteiger partial charge in [0, 0.05) is 0 Å². The summed E-state index contributed by atoms with van der Waals surface area (Å²) in [6, 6.07) is 11.0. The molecule has 0 aliphatic carbocycles. The maximum absolute atomic E-state index is 2.35. The second-order valence-electron chi connectivity index (χ2n) is 6.29. The highest BCUT2D eigenvalue weighted by molar-refractivity contribution is 5.19. The minimum Gasteiger partial charge on any atom is -0.0628 e. The van der Waals surface area contributed by atoms with Crippen molar-refractivity contribution in [3.8, 4) is 0 Å². The van der Waals surface area contributed by atoms with Gasteiger partial charge in [-0.3, -0.25) is 0 Å². The van der Waals surface area contributed by atoms with Gasteiger partial charge in [0.05, 0.1) is 0 Å². The molecular formula is C18H30. The minimum absolute atomic E-state index is 0.741. The Balaban J connectivity index is 2.36. The second-order valence-corrected chi connectivity index (χ2v) is 6.29. The highest BCUT2D eigenvalue weighted by Crippen LogP contribution is 2.29. The minimum atomic E-state index is 0.741. The maximum Gasteiger partial charge on any atom is -0.0139 e. The highest BCUT2D eigenvalue weighted by atomic mass is 14.2. The van der Waals surface area contributed by atoms with Crippen molar-refractivity contribution in [3.63, 3.8) is 0 Å². The van der Waals surface area contributed by atoms with Crippen LogP contribution in [0.1, 0.15) is 71.3 Å². The molecule has 1 unspecified atom stereocenters. The van der Waals surface area contributed by atoms with Crippen molar-refractivity contribution in [2.45, 2.75) is 65.7 Å². The second kappa shape index (κ2) is 8.34. The van der Waals surface area contributed by atoms with Crippen LogP contribution in [0.5, 0.6) is 0 Å². The van der Waals surface area contributed by atoms with Crippen LogP contribution >= 0.6 is 0 Å². The molecule has 0 bridgehead atoms. The third-order valence-corrected chi connectivity index (χ3v) is 3.83. The maximum atomic E-state index is 2.35. The lowest BCUT2D eigenvalue weighted by molar-refractivity contribution is 0.435. The van der Waals surface area contributed by atoms with Gasteiger partial charge in [-0.05, 0) is 29.7 Å². The number of hydrogen-bond donors (Lipinski definition) is 0. The average molecular weight is 246 g/mol. The van der Waals surface area contributed by atoms with Crippen molar-refractivity contribution in [1.29, 1.82) is 0 Å². The summed E-state index contributed by atoms with van der Waals surface area (Å²) in [5.74, 6) is 2.35. The van der Waals surface area contributed by atoms with Gasteiger partial charge in [0.2, 0.25) is 0 Å². The Labute approximate surface area is 114 Å². The molecule has 0 fully saturated rings. The van der Waals surface area contributed by atoms with Gasteiger partial charge in [0.25, 0.3) is 0 Å². The molecule has 1 atom stereocenters. The first-order valence-electron chi connectivity index (χ1n) is 7.66. The molecule has 0 aliphatic heterocycles. The Morgan fingerprint density at radius 2 is 1.39 bits per heavy atom. The Morgan fingerprint density at radius 1 is 0.778 bits per heavy atom. The lowest BCUT2D eigenvalue weighted by Gasteiger charge is -2.21. The van der Waals surface area contributed by atoms with E-state index in [1.54, 1.807) is 0 Å². The number of unbranched alkanes of at least 4 members (excludes halogenated alkanes) is 2. The predicted octanol–water partition coefficient (Wildman–Crippen LogP) is 6.03. The molecule has 1 rings (SSSR count). The van der Waals surface area contributed by atoms with Gasteiger partial charge >= 0.3 is 0 Å². The molecule has 0 N–H and O–H groups in total. The van der Waals surface area contributed by atoms with E-state index in [-0.39, 0.29) is 0 Å². The zero-order valence-electron chi connectivity index (χ0n) is 12.7. The summed E-state index contributed by atoms with van der Waals surface area (Å²) < 4.78 is 0. The van der Waals surface area contributed by atoms with Crippen LogP contribution < -0.4 is 0 Å². The normalized spacial score (nSPS) is 13.2. The first-order chi connectivity index (χ1) is 8.61. The fourth-order valence-electron chi connectivity index (χ4n) is 2.68. The first-order valence-corrected chi connectivity index (χ1v) is 7.66. The number of rotatable bonds is 8. The van der Waals surface area contributed by atoms with E-state index in [1.807, 2.05) is 0 Å². The van der Waals surface area contributed by atoms with Gasteiger partial charge in [-0.2, -0.15) is 0 Å². The van der Waals surface area contributed by atoms with Crippen molar-refractivity contribution < 1.29 is 0 Å². The van der Waals surface area contributed by atoms with Crippen LogP contribution in [0, 0.1) is 11.8 Å². The fourth-order valence-corrected chi connectivity index (χ4v) is 2.68. The van der Waals surface area contributed by atoms with E-state index in [0.717, 1.165) is 17.8 Å². The molecule has 1 aromatic rings. The topological polar surface area (TPSA) is 0 Å². The highest BCUT2D eigenvalue weighted by Gasteiger charge is 2.14. The third-order valence-electron chi connectivity index (χ3n) is 3.83. The average Bonchev–Trinajstić information content (AvgIpc) is 2.34. The lowest BCUT2D eigenvalue weighted by atomic mass is 9.84. The van der Waals surface area contributed by atoms with Crippen LogP contribution in [0.2, 0.25) is 0 Å². The molecule has 18 heavy (non-hydrogen) atoms. The van der Waals surface area contributed by atoms with Crippen LogP contribution in [0.3, 0.4) is 0 Å². The summed E-state index contributed by atoms with van der Waals surface area (Å²) >= 11 is 0. The van der Waals surface area contributed by atoms with E-state index < -0.39 is 0 Å². The van der Waals surface area contributed by atoms with Crippen LogP contribution in [-0.2, 0) is 0 Å². The summed E-state index contributed by atoms with van der Waals surface area (Å²) in [4.78, 5) is 0. The fraction of sp³-hybridized carbons (Fsp3) is 0.667. The Kier molecular flexibility index (Phi) is 7.08. The molecule has 0 amide bonds. The van der Waals surface area contributed by atoms with Gasteiger partial charge in [0.1, 0.15) is 0 Å². The van der Waals surface area contributed by atoms with Crippen LogP contribution in [0.15, 0.2) is 30.3 Å². The Morgan fingerprint density at radius 3 is 1.94 bits per heavy atom. The number of hydrogen-bond acceptors (Lipinski definition) is 0. The van der Waals surface area contributed by atoms with Crippen molar-refractivity contribution in [2.75, 3.05) is 0 Å². The Hall–Kier alpha value is -0.780. The van der Waals surface area contributed by atoms with E-state index in [9.17, 15) is 0 Å². The summed E-state index contributed by atoms with van der Waals surface area (Å²) in [5, 5.41) is 0. The van der Waals surface area contributed by atoms with Gasteiger partial charge in [-0.1, -0.05) is 83.7 Å². The zero-order valence-corrected chi connectivity index (χ0v) is 12.7. The molecule has 0 saturated heterocycles. The number of benzene rings is 1. The summed E-state index contributed by atoms with van der Waals surface area (Å²) in [6.45, 7) is 9.35. The third kappa shape index (κ3) is 5.71. The SMILES string of the molecule is CC(C)CCCCCC(c1ccccc1)C(C)C. The van der Waals surface area contributed by atoms with Gasteiger partial charge in [0.15, 0.2) is 0 Å². The zero-order chi connectivity index (χ0) is 13.4. The molecule has 1 aromatic carbocycles. The smallest absolute Gasteiger partial charge is 0.0139 e. The van der Waals surface area contributed by atoms with Gasteiger partial charge in [-0.15, -0.1) is 0 Å². The van der Waals surface area contributed by atoms with Crippen LogP contribution in [0.4, 0.5) is 0 Å². The predicted molar refractivity (Wildman–Crippen MR) is 81.9 cm³/mol. The summed E-state index contributed by atoms with van der Waals surface area (Å²) in [6.07, 6.45) is 6.91. The van der Waals surface area contributed by atoms with Gasteiger partial charge in [-0.25, -0.2) is 0 Å². The van der Waals surface area contributed by atoms with Crippen LogP contribution in [-0.4, -0.2) is 0 Å². The van der Waals surface area contributed by atoms with Crippen molar-refractivity contribution in [3.05, 3.63) is 35.9 Å². The van der Waals surface area contributed by atoms with Crippen molar-refractivity contribution >= 4 is 0 Å². The summed E-state index contributed by atoms with van der Waals surface area (Å²) in [5.41, 5.74) is 1.52. The van der Waals surface area contributed by atoms with Gasteiger partial charge < -0.3 is 0 Å². The van der Waals surface area contributed by atoms with E-state index in [1.165, 1.54) is 37.7 Å². The first kappa shape index (κ1) is 15.3. The van der Waals surface area contributed by atoms with Crippen LogP contribution in [0.25, 0.3) is 0 Å². The molecule has 0 aliphatic rings. The molecule has 0 nitrogen and oxygen atoms in total. The quantitative estimate of drug-likeness (QED) is 0.491. The van der Waals surface area contributed by atoms with Crippen molar-refractivity contribution in [2.24, 2.45) is 11.8 Å². The molecule has 0 heterocycles.